The molecule has 1 atom stereocenters. The Morgan fingerprint density at radius 1 is 1.25 bits per heavy atom. The molecule has 0 aromatic rings. The minimum absolute atomic E-state index is 0.272. The molecule has 0 aliphatic heterocycles. The van der Waals surface area contributed by atoms with E-state index in [9.17, 15) is 0 Å². The third-order valence-electron chi connectivity index (χ3n) is 1.31. The van der Waals surface area contributed by atoms with Gasteiger partial charge in [-0.2, -0.15) is 0 Å². The van der Waals surface area contributed by atoms with E-state index in [2.05, 4.69) is 11.8 Å². The molecule has 0 bridgehead atoms. The van der Waals surface area contributed by atoms with Crippen LogP contribution >= 0.6 is 0 Å². The number of hydrogen-bond acceptors (Lipinski definition) is 3. The van der Waals surface area contributed by atoms with Crippen molar-refractivity contribution < 1.29 is 10.2 Å². The van der Waals surface area contributed by atoms with Gasteiger partial charge < -0.3 is 10.2 Å². The molecule has 0 spiro atoms. The van der Waals surface area contributed by atoms with Crippen LogP contribution in [-0.2, 0) is 0 Å². The molecule has 0 radical (unpaired) electrons. The summed E-state index contributed by atoms with van der Waals surface area (Å²) in [6.07, 6.45) is 9.37. The van der Waals surface area contributed by atoms with E-state index in [0.29, 0.717) is 19.6 Å². The molecule has 0 rings (SSSR count). The van der Waals surface area contributed by atoms with E-state index in [1.807, 2.05) is 0 Å². The van der Waals surface area contributed by atoms with Gasteiger partial charge in [0, 0.05) is 6.54 Å². The van der Waals surface area contributed by atoms with Crippen molar-refractivity contribution in [1.29, 1.82) is 0 Å². The molecule has 3 heteroatoms. The van der Waals surface area contributed by atoms with Crippen LogP contribution in [0.2, 0.25) is 0 Å². The van der Waals surface area contributed by atoms with Crippen molar-refractivity contribution in [3.63, 3.8) is 0 Å². The zero-order valence-corrected chi connectivity index (χ0v) is 6.90. The number of terminal acetylenes is 2. The average Bonchev–Trinajstić information content (AvgIpc) is 2.05. The lowest BCUT2D eigenvalue weighted by atomic mass is 10.3. The summed E-state index contributed by atoms with van der Waals surface area (Å²) in [7, 11) is 0. The maximum Gasteiger partial charge on any atom is 0.0898 e. The van der Waals surface area contributed by atoms with Gasteiger partial charge in [-0.05, 0) is 0 Å². The summed E-state index contributed by atoms with van der Waals surface area (Å²) < 4.78 is 0. The minimum atomic E-state index is -0.772. The van der Waals surface area contributed by atoms with Crippen LogP contribution in [0.15, 0.2) is 0 Å². The maximum atomic E-state index is 9.05. The van der Waals surface area contributed by atoms with Crippen LogP contribution in [0.25, 0.3) is 0 Å². The van der Waals surface area contributed by atoms with Crippen molar-refractivity contribution in [2.75, 3.05) is 26.2 Å². The summed E-state index contributed by atoms with van der Waals surface area (Å²) >= 11 is 0. The molecule has 0 aromatic carbocycles. The summed E-state index contributed by atoms with van der Waals surface area (Å²) in [6.45, 7) is 0.819. The predicted octanol–water partition coefficient (Wildman–Crippen LogP) is -1.09. The molecule has 2 N–H and O–H groups in total. The normalized spacial score (nSPS) is 12.1. The number of nitrogens with zero attached hydrogens (tertiary/aromatic N) is 1. The number of hydrogen-bond donors (Lipinski definition) is 2. The lowest BCUT2D eigenvalue weighted by Gasteiger charge is -2.19. The van der Waals surface area contributed by atoms with Gasteiger partial charge in [-0.1, -0.05) is 11.8 Å². The van der Waals surface area contributed by atoms with E-state index in [0.717, 1.165) is 0 Å². The highest BCUT2D eigenvalue weighted by Crippen LogP contribution is 1.90. The molecular weight excluding hydrogens is 154 g/mol. The van der Waals surface area contributed by atoms with Crippen LogP contribution in [0.5, 0.6) is 0 Å². The minimum Gasteiger partial charge on any atom is -0.394 e. The van der Waals surface area contributed by atoms with Crippen molar-refractivity contribution in [2.45, 2.75) is 6.10 Å². The second kappa shape index (κ2) is 6.69. The molecule has 66 valence electrons. The molecule has 0 saturated carbocycles. The van der Waals surface area contributed by atoms with E-state index in [4.69, 9.17) is 23.1 Å². The van der Waals surface area contributed by atoms with Crippen molar-refractivity contribution in [3.05, 3.63) is 0 Å². The maximum absolute atomic E-state index is 9.05. The van der Waals surface area contributed by atoms with Gasteiger partial charge in [0.25, 0.3) is 0 Å². The topological polar surface area (TPSA) is 43.7 Å². The Morgan fingerprint density at radius 3 is 2.08 bits per heavy atom. The summed E-state index contributed by atoms with van der Waals surface area (Å²) in [5.74, 6) is 4.84. The molecule has 0 amide bonds. The van der Waals surface area contributed by atoms with Gasteiger partial charge in [0.2, 0.25) is 0 Å². The first-order valence-corrected chi connectivity index (χ1v) is 3.62. The largest absolute Gasteiger partial charge is 0.394 e. The molecule has 0 aliphatic carbocycles. The average molecular weight is 167 g/mol. The van der Waals surface area contributed by atoms with Crippen molar-refractivity contribution in [2.24, 2.45) is 0 Å². The zero-order valence-electron chi connectivity index (χ0n) is 6.90. The van der Waals surface area contributed by atoms with Gasteiger partial charge in [0.15, 0.2) is 0 Å². The van der Waals surface area contributed by atoms with Crippen LogP contribution in [0.4, 0.5) is 0 Å². The lowest BCUT2D eigenvalue weighted by molar-refractivity contribution is 0.0668. The molecule has 12 heavy (non-hydrogen) atoms. The Balaban J connectivity index is 3.80. The predicted molar refractivity (Wildman–Crippen MR) is 47.2 cm³/mol. The van der Waals surface area contributed by atoms with Gasteiger partial charge in [0.05, 0.1) is 25.8 Å². The molecule has 0 saturated heterocycles. The van der Waals surface area contributed by atoms with Crippen molar-refractivity contribution in [1.82, 2.24) is 4.90 Å². The van der Waals surface area contributed by atoms with E-state index >= 15 is 0 Å². The van der Waals surface area contributed by atoms with Gasteiger partial charge in [-0.25, -0.2) is 0 Å². The smallest absolute Gasteiger partial charge is 0.0898 e. The Labute approximate surface area is 73.0 Å². The van der Waals surface area contributed by atoms with E-state index in [1.54, 1.807) is 4.90 Å². The molecular formula is C9H13NO2. The zero-order chi connectivity index (χ0) is 9.40. The Kier molecular flexibility index (Phi) is 6.14. The Morgan fingerprint density at radius 2 is 1.75 bits per heavy atom. The number of rotatable bonds is 5. The summed E-state index contributed by atoms with van der Waals surface area (Å²) in [4.78, 5) is 1.71. The van der Waals surface area contributed by atoms with Gasteiger partial charge in [-0.15, -0.1) is 12.8 Å². The lowest BCUT2D eigenvalue weighted by Crippen LogP contribution is -2.34. The number of aliphatic hydroxyl groups is 2. The first-order chi connectivity index (χ1) is 5.74. The van der Waals surface area contributed by atoms with Crippen LogP contribution < -0.4 is 0 Å². The van der Waals surface area contributed by atoms with Crippen LogP contribution in [0.3, 0.4) is 0 Å². The quantitative estimate of drug-likeness (QED) is 0.511. The third kappa shape index (κ3) is 4.76. The first-order valence-electron chi connectivity index (χ1n) is 3.62. The molecule has 0 heterocycles. The monoisotopic (exact) mass is 167 g/mol. The first kappa shape index (κ1) is 11.0. The van der Waals surface area contributed by atoms with Crippen molar-refractivity contribution >= 4 is 0 Å². The third-order valence-corrected chi connectivity index (χ3v) is 1.31. The molecule has 0 aromatic heterocycles. The molecule has 0 aliphatic rings. The summed E-state index contributed by atoms with van der Waals surface area (Å²) in [6, 6.07) is 0. The van der Waals surface area contributed by atoms with Crippen LogP contribution in [0, 0.1) is 24.7 Å². The highest BCUT2D eigenvalue weighted by molar-refractivity contribution is 4.94. The fourth-order valence-corrected chi connectivity index (χ4v) is 0.799. The molecule has 1 unspecified atom stereocenters. The van der Waals surface area contributed by atoms with Gasteiger partial charge >= 0.3 is 0 Å². The van der Waals surface area contributed by atoms with E-state index < -0.39 is 6.10 Å². The Hall–Kier alpha value is -1.00. The second-order valence-corrected chi connectivity index (χ2v) is 2.41. The summed E-state index contributed by atoms with van der Waals surface area (Å²) in [5.41, 5.74) is 0. The van der Waals surface area contributed by atoms with E-state index in [-0.39, 0.29) is 6.61 Å². The molecule has 3 nitrogen and oxygen atoms in total. The van der Waals surface area contributed by atoms with Gasteiger partial charge in [0.1, 0.15) is 0 Å². The van der Waals surface area contributed by atoms with Crippen molar-refractivity contribution in [3.8, 4) is 24.7 Å². The number of aliphatic hydroxyl groups excluding tert-OH is 2. The fourth-order valence-electron chi connectivity index (χ4n) is 0.799. The van der Waals surface area contributed by atoms with Crippen LogP contribution in [0.1, 0.15) is 0 Å². The Bertz CT molecular complexity index is 174. The highest BCUT2D eigenvalue weighted by atomic mass is 16.3. The standard InChI is InChI=1S/C9H13NO2/c1-3-5-10(6-4-2)7-9(12)8-11/h1-2,9,11-12H,5-8H2. The van der Waals surface area contributed by atoms with E-state index in [1.165, 1.54) is 0 Å². The van der Waals surface area contributed by atoms with Crippen LogP contribution in [-0.4, -0.2) is 47.5 Å². The fraction of sp³-hybridized carbons (Fsp3) is 0.556. The second-order valence-electron chi connectivity index (χ2n) is 2.41. The highest BCUT2D eigenvalue weighted by Gasteiger charge is 2.07. The SMILES string of the molecule is C#CCN(CC#C)CC(O)CO. The molecule has 0 fully saturated rings. The summed E-state index contributed by atoms with van der Waals surface area (Å²) in [5, 5.41) is 17.6. The van der Waals surface area contributed by atoms with Gasteiger partial charge in [-0.3, -0.25) is 4.90 Å².